The van der Waals surface area contributed by atoms with E-state index >= 15 is 0 Å². The molecule has 2 N–H and O–H groups in total. The molecule has 1 aliphatic rings. The summed E-state index contributed by atoms with van der Waals surface area (Å²) in [5, 5.41) is 18.3. The molecule has 0 aromatic carbocycles. The Labute approximate surface area is 148 Å². The van der Waals surface area contributed by atoms with Crippen molar-refractivity contribution in [2.75, 3.05) is 25.0 Å². The monoisotopic (exact) mass is 340 g/mol. The van der Waals surface area contributed by atoms with Gasteiger partial charge in [0.1, 0.15) is 0 Å². The van der Waals surface area contributed by atoms with Gasteiger partial charge in [0.25, 0.3) is 0 Å². The normalized spacial score (nSPS) is 15.6. The smallest absolute Gasteiger partial charge is 0.230 e. The van der Waals surface area contributed by atoms with E-state index in [2.05, 4.69) is 33.8 Å². The Bertz CT molecular complexity index is 712. The number of nitrogens with zero attached hydrogens (tertiary/aromatic N) is 4. The van der Waals surface area contributed by atoms with Crippen molar-refractivity contribution in [3.63, 3.8) is 0 Å². The SMILES string of the molecule is C=C/C=C(\C=C)CN1CCn2nc(NC(=O)[C@@H](C)CNC#N)cc2C1. The predicted octanol–water partition coefficient (Wildman–Crippen LogP) is 1.64. The average molecular weight is 340 g/mol. The highest BCUT2D eigenvalue weighted by molar-refractivity contribution is 5.91. The second-order valence-corrected chi connectivity index (χ2v) is 6.02. The van der Waals surface area contributed by atoms with E-state index in [1.165, 1.54) is 0 Å². The molecule has 2 heterocycles. The van der Waals surface area contributed by atoms with Crippen molar-refractivity contribution in [1.29, 1.82) is 5.26 Å². The van der Waals surface area contributed by atoms with Gasteiger partial charge in [0.15, 0.2) is 12.0 Å². The van der Waals surface area contributed by atoms with Crippen LogP contribution in [0, 0.1) is 17.4 Å². The number of aromatic nitrogens is 2. The minimum atomic E-state index is -0.311. The summed E-state index contributed by atoms with van der Waals surface area (Å²) in [4.78, 5) is 14.4. The lowest BCUT2D eigenvalue weighted by Gasteiger charge is -2.27. The van der Waals surface area contributed by atoms with Gasteiger partial charge in [-0.25, -0.2) is 0 Å². The first-order valence-electron chi connectivity index (χ1n) is 8.23. The van der Waals surface area contributed by atoms with Gasteiger partial charge in [-0.05, 0) is 5.57 Å². The standard InChI is InChI=1S/C18H24N6O/c1-4-6-15(5-2)11-23-7-8-24-16(12-23)9-17(22-24)21-18(25)14(3)10-20-13-19/h4-6,9,14,20H,1-2,7-8,10-12H2,3H3,(H,21,22,25)/b15-6+/t14-/m0/s1. The number of nitriles is 1. The van der Waals surface area contributed by atoms with Gasteiger partial charge in [-0.15, -0.1) is 0 Å². The van der Waals surface area contributed by atoms with E-state index in [4.69, 9.17) is 5.26 Å². The maximum atomic E-state index is 12.1. The summed E-state index contributed by atoms with van der Waals surface area (Å²) in [6.07, 6.45) is 7.39. The van der Waals surface area contributed by atoms with Gasteiger partial charge in [0, 0.05) is 32.2 Å². The van der Waals surface area contributed by atoms with Crippen LogP contribution in [0.25, 0.3) is 0 Å². The van der Waals surface area contributed by atoms with Crippen LogP contribution in [0.4, 0.5) is 5.82 Å². The number of allylic oxidation sites excluding steroid dienone is 2. The fraction of sp³-hybridized carbons (Fsp3) is 0.389. The zero-order chi connectivity index (χ0) is 18.2. The largest absolute Gasteiger partial charge is 0.323 e. The number of fused-ring (bicyclic) bond motifs is 1. The molecule has 0 saturated heterocycles. The zero-order valence-electron chi connectivity index (χ0n) is 14.5. The third kappa shape index (κ3) is 5.06. The van der Waals surface area contributed by atoms with Crippen LogP contribution in [-0.2, 0) is 17.9 Å². The van der Waals surface area contributed by atoms with Crippen LogP contribution in [0.5, 0.6) is 0 Å². The van der Waals surface area contributed by atoms with Crippen molar-refractivity contribution in [1.82, 2.24) is 20.0 Å². The Kier molecular flexibility index (Phi) is 6.54. The summed E-state index contributed by atoms with van der Waals surface area (Å²) in [6, 6.07) is 1.90. The number of carbonyl (C=O) groups is 1. The molecule has 0 fully saturated rings. The zero-order valence-corrected chi connectivity index (χ0v) is 14.5. The number of carbonyl (C=O) groups excluding carboxylic acids is 1. The first-order chi connectivity index (χ1) is 12.1. The molecule has 1 amide bonds. The number of anilines is 1. The highest BCUT2D eigenvalue weighted by Crippen LogP contribution is 2.18. The Balaban J connectivity index is 1.97. The number of rotatable bonds is 8. The van der Waals surface area contributed by atoms with Crippen LogP contribution in [0.15, 0.2) is 43.0 Å². The summed E-state index contributed by atoms with van der Waals surface area (Å²) < 4.78 is 1.93. The first-order valence-corrected chi connectivity index (χ1v) is 8.23. The molecule has 1 aliphatic heterocycles. The molecule has 0 aliphatic carbocycles. The van der Waals surface area contributed by atoms with Crippen molar-refractivity contribution in [2.45, 2.75) is 20.0 Å². The van der Waals surface area contributed by atoms with Crippen LogP contribution in [-0.4, -0.2) is 40.2 Å². The summed E-state index contributed by atoms with van der Waals surface area (Å²) in [7, 11) is 0. The van der Waals surface area contributed by atoms with E-state index in [0.717, 1.165) is 37.4 Å². The molecule has 7 heteroatoms. The lowest BCUT2D eigenvalue weighted by atomic mass is 10.1. The van der Waals surface area contributed by atoms with Crippen LogP contribution in [0.1, 0.15) is 12.6 Å². The quantitative estimate of drug-likeness (QED) is 0.427. The van der Waals surface area contributed by atoms with Crippen LogP contribution in [0.2, 0.25) is 0 Å². The van der Waals surface area contributed by atoms with Crippen molar-refractivity contribution in [3.8, 4) is 6.19 Å². The number of amides is 1. The fourth-order valence-electron chi connectivity index (χ4n) is 2.65. The molecule has 132 valence electrons. The lowest BCUT2D eigenvalue weighted by molar-refractivity contribution is -0.119. The van der Waals surface area contributed by atoms with Crippen LogP contribution < -0.4 is 10.6 Å². The molecule has 0 unspecified atom stereocenters. The summed E-state index contributed by atoms with van der Waals surface area (Å²) >= 11 is 0. The van der Waals surface area contributed by atoms with E-state index in [1.54, 1.807) is 13.0 Å². The molecule has 2 rings (SSSR count). The molecule has 7 nitrogen and oxygen atoms in total. The van der Waals surface area contributed by atoms with Gasteiger partial charge in [-0.3, -0.25) is 14.4 Å². The van der Waals surface area contributed by atoms with E-state index in [-0.39, 0.29) is 11.8 Å². The molecule has 0 saturated carbocycles. The fourth-order valence-corrected chi connectivity index (χ4v) is 2.65. The van der Waals surface area contributed by atoms with E-state index < -0.39 is 0 Å². The van der Waals surface area contributed by atoms with E-state index in [1.807, 2.05) is 29.1 Å². The minimum Gasteiger partial charge on any atom is -0.323 e. The van der Waals surface area contributed by atoms with Gasteiger partial charge in [0.2, 0.25) is 5.91 Å². The maximum Gasteiger partial charge on any atom is 0.230 e. The third-order valence-electron chi connectivity index (χ3n) is 4.06. The van der Waals surface area contributed by atoms with Crippen molar-refractivity contribution in [2.24, 2.45) is 5.92 Å². The van der Waals surface area contributed by atoms with Gasteiger partial charge < -0.3 is 10.6 Å². The molecule has 1 atom stereocenters. The van der Waals surface area contributed by atoms with Crippen LogP contribution in [0.3, 0.4) is 0 Å². The molecule has 0 spiro atoms. The first kappa shape index (κ1) is 18.5. The summed E-state index contributed by atoms with van der Waals surface area (Å²) in [6.45, 7) is 12.8. The number of hydrogen-bond acceptors (Lipinski definition) is 5. The Morgan fingerprint density at radius 1 is 1.52 bits per heavy atom. The number of hydrogen-bond donors (Lipinski definition) is 2. The molecule has 25 heavy (non-hydrogen) atoms. The lowest BCUT2D eigenvalue weighted by Crippen LogP contribution is -2.35. The molecule has 1 aromatic heterocycles. The van der Waals surface area contributed by atoms with E-state index in [9.17, 15) is 4.79 Å². The van der Waals surface area contributed by atoms with Crippen molar-refractivity contribution >= 4 is 11.7 Å². The van der Waals surface area contributed by atoms with Crippen LogP contribution >= 0.6 is 0 Å². The van der Waals surface area contributed by atoms with Crippen molar-refractivity contribution in [3.05, 3.63) is 48.7 Å². The van der Waals surface area contributed by atoms with Gasteiger partial charge in [-0.1, -0.05) is 38.3 Å². The molecule has 1 aromatic rings. The average Bonchev–Trinajstić information content (AvgIpc) is 3.00. The Morgan fingerprint density at radius 3 is 3.00 bits per heavy atom. The summed E-state index contributed by atoms with van der Waals surface area (Å²) in [5.41, 5.74) is 2.18. The maximum absolute atomic E-state index is 12.1. The topological polar surface area (TPSA) is 86.0 Å². The number of nitrogens with one attached hydrogen (secondary N) is 2. The molecular weight excluding hydrogens is 316 g/mol. The molecule has 0 bridgehead atoms. The third-order valence-corrected chi connectivity index (χ3v) is 4.06. The van der Waals surface area contributed by atoms with E-state index in [0.29, 0.717) is 12.4 Å². The second kappa shape index (κ2) is 8.85. The van der Waals surface area contributed by atoms with Gasteiger partial charge >= 0.3 is 0 Å². The van der Waals surface area contributed by atoms with Gasteiger partial charge in [-0.2, -0.15) is 10.4 Å². The Hall–Kier alpha value is -2.85. The second-order valence-electron chi connectivity index (χ2n) is 6.02. The van der Waals surface area contributed by atoms with Gasteiger partial charge in [0.05, 0.1) is 18.2 Å². The van der Waals surface area contributed by atoms with Crippen molar-refractivity contribution < 1.29 is 4.79 Å². The molecule has 0 radical (unpaired) electrons. The summed E-state index contributed by atoms with van der Waals surface area (Å²) in [5.74, 6) is 0.0863. The Morgan fingerprint density at radius 2 is 2.32 bits per heavy atom. The highest BCUT2D eigenvalue weighted by Gasteiger charge is 2.20. The predicted molar refractivity (Wildman–Crippen MR) is 97.4 cm³/mol. The highest BCUT2D eigenvalue weighted by atomic mass is 16.2. The molecular formula is C18H24N6O. The minimum absolute atomic E-state index is 0.155.